The SMILES string of the molecule is CCNC(COC)Cc1ccnc2ccccc12. The molecule has 0 radical (unpaired) electrons. The molecule has 1 N–H and O–H groups in total. The van der Waals surface area contributed by atoms with Crippen molar-refractivity contribution in [2.24, 2.45) is 0 Å². The summed E-state index contributed by atoms with van der Waals surface area (Å²) in [6.45, 7) is 3.80. The lowest BCUT2D eigenvalue weighted by Gasteiger charge is -2.17. The Labute approximate surface area is 108 Å². The average molecular weight is 244 g/mol. The predicted molar refractivity (Wildman–Crippen MR) is 74.8 cm³/mol. The number of rotatable bonds is 6. The van der Waals surface area contributed by atoms with Crippen molar-refractivity contribution >= 4 is 10.9 Å². The normalized spacial score (nSPS) is 12.8. The molecule has 1 aromatic carbocycles. The van der Waals surface area contributed by atoms with E-state index in [1.165, 1.54) is 10.9 Å². The zero-order valence-corrected chi connectivity index (χ0v) is 11.0. The second-order valence-corrected chi connectivity index (χ2v) is 4.40. The molecule has 18 heavy (non-hydrogen) atoms. The maximum atomic E-state index is 5.26. The molecule has 0 amide bonds. The summed E-state index contributed by atoms with van der Waals surface area (Å²) in [5.74, 6) is 0. The molecule has 2 rings (SSSR count). The summed E-state index contributed by atoms with van der Waals surface area (Å²) in [6, 6.07) is 10.7. The van der Waals surface area contributed by atoms with E-state index in [1.807, 2.05) is 12.3 Å². The Morgan fingerprint density at radius 2 is 2.11 bits per heavy atom. The molecule has 1 aromatic heterocycles. The smallest absolute Gasteiger partial charge is 0.0704 e. The monoisotopic (exact) mass is 244 g/mol. The van der Waals surface area contributed by atoms with E-state index in [4.69, 9.17) is 4.74 Å². The van der Waals surface area contributed by atoms with E-state index in [-0.39, 0.29) is 0 Å². The number of nitrogens with one attached hydrogen (secondary N) is 1. The van der Waals surface area contributed by atoms with Gasteiger partial charge in [-0.2, -0.15) is 0 Å². The molecule has 0 spiro atoms. The van der Waals surface area contributed by atoms with Crippen LogP contribution in [0.2, 0.25) is 0 Å². The molecule has 0 aliphatic rings. The van der Waals surface area contributed by atoms with Gasteiger partial charge < -0.3 is 10.1 Å². The Morgan fingerprint density at radius 3 is 2.89 bits per heavy atom. The molecule has 0 saturated heterocycles. The molecule has 1 heterocycles. The second kappa shape index (κ2) is 6.47. The molecule has 2 aromatic rings. The topological polar surface area (TPSA) is 34.1 Å². The molecular formula is C15H20N2O. The van der Waals surface area contributed by atoms with Crippen LogP contribution in [0.3, 0.4) is 0 Å². The highest BCUT2D eigenvalue weighted by atomic mass is 16.5. The van der Waals surface area contributed by atoms with Gasteiger partial charge in [-0.05, 0) is 30.7 Å². The van der Waals surface area contributed by atoms with Gasteiger partial charge >= 0.3 is 0 Å². The number of para-hydroxylation sites is 1. The molecule has 0 aliphatic heterocycles. The van der Waals surface area contributed by atoms with Crippen molar-refractivity contribution in [3.63, 3.8) is 0 Å². The third-order valence-corrected chi connectivity index (χ3v) is 3.07. The van der Waals surface area contributed by atoms with Gasteiger partial charge in [0.2, 0.25) is 0 Å². The van der Waals surface area contributed by atoms with E-state index in [0.29, 0.717) is 6.04 Å². The van der Waals surface area contributed by atoms with E-state index in [0.717, 1.165) is 25.1 Å². The summed E-state index contributed by atoms with van der Waals surface area (Å²) in [7, 11) is 1.75. The van der Waals surface area contributed by atoms with Crippen molar-refractivity contribution in [1.29, 1.82) is 0 Å². The van der Waals surface area contributed by atoms with Gasteiger partial charge in [-0.3, -0.25) is 4.98 Å². The van der Waals surface area contributed by atoms with E-state index < -0.39 is 0 Å². The number of benzene rings is 1. The molecule has 3 heteroatoms. The average Bonchev–Trinajstić information content (AvgIpc) is 2.40. The van der Waals surface area contributed by atoms with Gasteiger partial charge in [-0.1, -0.05) is 25.1 Å². The Morgan fingerprint density at radius 1 is 1.28 bits per heavy atom. The Hall–Kier alpha value is -1.45. The van der Waals surface area contributed by atoms with Crippen molar-refractivity contribution in [2.75, 3.05) is 20.3 Å². The third-order valence-electron chi connectivity index (χ3n) is 3.07. The number of aromatic nitrogens is 1. The minimum absolute atomic E-state index is 0.353. The van der Waals surface area contributed by atoms with Gasteiger partial charge in [0.25, 0.3) is 0 Å². The van der Waals surface area contributed by atoms with Crippen molar-refractivity contribution < 1.29 is 4.74 Å². The summed E-state index contributed by atoms with van der Waals surface area (Å²) >= 11 is 0. The van der Waals surface area contributed by atoms with E-state index in [1.54, 1.807) is 7.11 Å². The van der Waals surface area contributed by atoms with Crippen molar-refractivity contribution in [1.82, 2.24) is 10.3 Å². The minimum Gasteiger partial charge on any atom is -0.383 e. The highest BCUT2D eigenvalue weighted by molar-refractivity contribution is 5.81. The Kier molecular flexibility index (Phi) is 4.67. The number of likely N-dealkylation sites (N-methyl/N-ethyl adjacent to an activating group) is 1. The number of nitrogens with zero attached hydrogens (tertiary/aromatic N) is 1. The van der Waals surface area contributed by atoms with Crippen molar-refractivity contribution in [3.05, 3.63) is 42.1 Å². The lowest BCUT2D eigenvalue weighted by atomic mass is 10.0. The summed E-state index contributed by atoms with van der Waals surface area (Å²) in [5, 5.41) is 4.69. The fraction of sp³-hybridized carbons (Fsp3) is 0.400. The standard InChI is InChI=1S/C15H20N2O/c1-3-16-13(11-18-2)10-12-8-9-17-15-7-5-4-6-14(12)15/h4-9,13,16H,3,10-11H2,1-2H3. The highest BCUT2D eigenvalue weighted by Gasteiger charge is 2.10. The number of hydrogen-bond donors (Lipinski definition) is 1. The van der Waals surface area contributed by atoms with Gasteiger partial charge in [-0.25, -0.2) is 0 Å². The molecular weight excluding hydrogens is 224 g/mol. The first kappa shape index (κ1) is 13.0. The summed E-state index contributed by atoms with van der Waals surface area (Å²) in [6.07, 6.45) is 2.85. The minimum atomic E-state index is 0.353. The largest absolute Gasteiger partial charge is 0.383 e. The Bertz CT molecular complexity index is 487. The van der Waals surface area contributed by atoms with E-state index >= 15 is 0 Å². The summed E-state index contributed by atoms with van der Waals surface area (Å²) < 4.78 is 5.26. The molecule has 0 fully saturated rings. The third kappa shape index (κ3) is 3.06. The summed E-state index contributed by atoms with van der Waals surface area (Å²) in [5.41, 5.74) is 2.38. The number of fused-ring (bicyclic) bond motifs is 1. The molecule has 3 nitrogen and oxygen atoms in total. The first-order valence-corrected chi connectivity index (χ1v) is 6.40. The van der Waals surface area contributed by atoms with Crippen LogP contribution in [-0.4, -0.2) is 31.3 Å². The number of ether oxygens (including phenoxy) is 1. The fourth-order valence-corrected chi connectivity index (χ4v) is 2.28. The van der Waals surface area contributed by atoms with Gasteiger partial charge in [0.05, 0.1) is 12.1 Å². The van der Waals surface area contributed by atoms with E-state index in [9.17, 15) is 0 Å². The maximum Gasteiger partial charge on any atom is 0.0704 e. The number of hydrogen-bond acceptors (Lipinski definition) is 3. The van der Waals surface area contributed by atoms with Crippen LogP contribution in [0.5, 0.6) is 0 Å². The fourth-order valence-electron chi connectivity index (χ4n) is 2.28. The maximum absolute atomic E-state index is 5.26. The second-order valence-electron chi connectivity index (χ2n) is 4.40. The van der Waals surface area contributed by atoms with Crippen LogP contribution in [0.25, 0.3) is 10.9 Å². The van der Waals surface area contributed by atoms with Gasteiger partial charge in [0.15, 0.2) is 0 Å². The first-order chi connectivity index (χ1) is 8.85. The van der Waals surface area contributed by atoms with Crippen LogP contribution in [0.15, 0.2) is 36.5 Å². The lowest BCUT2D eigenvalue weighted by molar-refractivity contribution is 0.167. The van der Waals surface area contributed by atoms with Crippen molar-refractivity contribution in [3.8, 4) is 0 Å². The van der Waals surface area contributed by atoms with Crippen LogP contribution >= 0.6 is 0 Å². The summed E-state index contributed by atoms with van der Waals surface area (Å²) in [4.78, 5) is 4.39. The number of pyridine rings is 1. The van der Waals surface area contributed by atoms with Gasteiger partial charge in [-0.15, -0.1) is 0 Å². The zero-order chi connectivity index (χ0) is 12.8. The van der Waals surface area contributed by atoms with Crippen LogP contribution in [0.1, 0.15) is 12.5 Å². The first-order valence-electron chi connectivity index (χ1n) is 6.40. The molecule has 96 valence electrons. The predicted octanol–water partition coefficient (Wildman–Crippen LogP) is 2.40. The van der Waals surface area contributed by atoms with E-state index in [2.05, 4.69) is 41.5 Å². The Balaban J connectivity index is 2.24. The van der Waals surface area contributed by atoms with Crippen LogP contribution < -0.4 is 5.32 Å². The van der Waals surface area contributed by atoms with Crippen LogP contribution in [-0.2, 0) is 11.2 Å². The molecule has 0 saturated carbocycles. The van der Waals surface area contributed by atoms with Crippen LogP contribution in [0, 0.1) is 0 Å². The molecule has 0 bridgehead atoms. The van der Waals surface area contributed by atoms with Gasteiger partial charge in [0.1, 0.15) is 0 Å². The quantitative estimate of drug-likeness (QED) is 0.847. The molecule has 1 unspecified atom stereocenters. The molecule has 0 aliphatic carbocycles. The highest BCUT2D eigenvalue weighted by Crippen LogP contribution is 2.17. The van der Waals surface area contributed by atoms with Crippen molar-refractivity contribution in [2.45, 2.75) is 19.4 Å². The van der Waals surface area contributed by atoms with Crippen LogP contribution in [0.4, 0.5) is 0 Å². The number of methoxy groups -OCH3 is 1. The van der Waals surface area contributed by atoms with Gasteiger partial charge in [0, 0.05) is 24.7 Å². The molecule has 1 atom stereocenters. The lowest BCUT2D eigenvalue weighted by Crippen LogP contribution is -2.35. The zero-order valence-electron chi connectivity index (χ0n) is 11.0.